The first-order valence-electron chi connectivity index (χ1n) is 8.87. The van der Waals surface area contributed by atoms with Gasteiger partial charge in [0.2, 0.25) is 0 Å². The Morgan fingerprint density at radius 2 is 1.61 bits per heavy atom. The third kappa shape index (κ3) is 2.51. The predicted octanol–water partition coefficient (Wildman–Crippen LogP) is 3.90. The van der Waals surface area contributed by atoms with Crippen LogP contribution in [0.1, 0.15) is 0 Å². The van der Waals surface area contributed by atoms with Crippen molar-refractivity contribution < 1.29 is 0 Å². The van der Waals surface area contributed by atoms with Crippen molar-refractivity contribution >= 4 is 33.3 Å². The van der Waals surface area contributed by atoms with E-state index in [9.17, 15) is 4.79 Å². The van der Waals surface area contributed by atoms with E-state index in [0.717, 1.165) is 27.5 Å². The number of H-pyrrole nitrogens is 2. The molecule has 3 aromatic carbocycles. The number of para-hydroxylation sites is 2. The van der Waals surface area contributed by atoms with Crippen LogP contribution in [0.2, 0.25) is 0 Å². The first-order valence-corrected chi connectivity index (χ1v) is 8.87. The summed E-state index contributed by atoms with van der Waals surface area (Å²) in [5.74, 6) is 0.460. The van der Waals surface area contributed by atoms with E-state index < -0.39 is 0 Å². The van der Waals surface area contributed by atoms with Gasteiger partial charge in [0.15, 0.2) is 0 Å². The third-order valence-electron chi connectivity index (χ3n) is 4.90. The molecule has 0 amide bonds. The van der Waals surface area contributed by atoms with Gasteiger partial charge in [0, 0.05) is 11.1 Å². The zero-order chi connectivity index (χ0) is 19.3. The number of nitrogens with zero attached hydrogens (tertiary/aromatic N) is 1. The number of nitrogen functional groups attached to an aromatic ring is 2. The zero-order valence-electron chi connectivity index (χ0n) is 14.9. The highest BCUT2D eigenvalue weighted by Gasteiger charge is 2.16. The summed E-state index contributed by atoms with van der Waals surface area (Å²) in [6.07, 6.45) is 0. The van der Waals surface area contributed by atoms with Crippen molar-refractivity contribution in [1.29, 1.82) is 0 Å². The summed E-state index contributed by atoms with van der Waals surface area (Å²) < 4.78 is 0. The molecule has 0 spiro atoms. The molecule has 0 bridgehead atoms. The molecule has 0 aliphatic carbocycles. The van der Waals surface area contributed by atoms with E-state index in [1.54, 1.807) is 0 Å². The smallest absolute Gasteiger partial charge is 0.261 e. The number of fused-ring (bicyclic) bond motifs is 2. The second-order valence-corrected chi connectivity index (χ2v) is 6.73. The number of imidazole rings is 1. The average Bonchev–Trinajstić information content (AvgIpc) is 3.11. The van der Waals surface area contributed by atoms with Gasteiger partial charge in [-0.25, -0.2) is 4.98 Å². The second kappa shape index (κ2) is 5.99. The second-order valence-electron chi connectivity index (χ2n) is 6.73. The lowest BCUT2D eigenvalue weighted by Gasteiger charge is -2.09. The first kappa shape index (κ1) is 16.1. The van der Waals surface area contributed by atoms with Gasteiger partial charge in [-0.05, 0) is 41.5 Å². The number of aromatic amines is 2. The Kier molecular flexibility index (Phi) is 3.45. The van der Waals surface area contributed by atoms with E-state index in [2.05, 4.69) is 15.0 Å². The van der Waals surface area contributed by atoms with E-state index in [1.807, 2.05) is 66.7 Å². The molecule has 6 N–H and O–H groups in total. The van der Waals surface area contributed by atoms with Crippen molar-refractivity contribution in [3.05, 3.63) is 77.1 Å². The Hall–Kier alpha value is -4.06. The average molecular weight is 367 g/mol. The molecule has 0 saturated carbocycles. The largest absolute Gasteiger partial charge is 0.399 e. The number of rotatable bonds is 2. The van der Waals surface area contributed by atoms with Crippen LogP contribution in [0.3, 0.4) is 0 Å². The van der Waals surface area contributed by atoms with Gasteiger partial charge >= 0.3 is 0 Å². The minimum absolute atomic E-state index is 0.284. The molecule has 6 heteroatoms. The molecular formula is C22H17N5O. The van der Waals surface area contributed by atoms with Crippen LogP contribution in [0.25, 0.3) is 44.5 Å². The molecule has 0 aliphatic heterocycles. The Balaban J connectivity index is 1.70. The SMILES string of the molecule is Nc1cccc(-c2ccc3c(N)c(-c4nc5ccccc5[nH]4)c(=O)[nH]c3c2)c1. The van der Waals surface area contributed by atoms with Gasteiger partial charge in [-0.15, -0.1) is 0 Å². The van der Waals surface area contributed by atoms with E-state index in [4.69, 9.17) is 11.5 Å². The van der Waals surface area contributed by atoms with Crippen molar-refractivity contribution in [2.75, 3.05) is 11.5 Å². The molecule has 6 nitrogen and oxygen atoms in total. The number of pyridine rings is 1. The number of hydrogen-bond donors (Lipinski definition) is 4. The number of nitrogens with one attached hydrogen (secondary N) is 2. The van der Waals surface area contributed by atoms with Crippen molar-refractivity contribution in [3.8, 4) is 22.5 Å². The van der Waals surface area contributed by atoms with Crippen LogP contribution in [0.4, 0.5) is 11.4 Å². The first-order chi connectivity index (χ1) is 13.6. The molecule has 2 aromatic heterocycles. The highest BCUT2D eigenvalue weighted by molar-refractivity contribution is 5.99. The fourth-order valence-electron chi connectivity index (χ4n) is 3.53. The lowest BCUT2D eigenvalue weighted by atomic mass is 10.0. The van der Waals surface area contributed by atoms with Crippen LogP contribution in [0, 0.1) is 0 Å². The maximum Gasteiger partial charge on any atom is 0.261 e. The maximum atomic E-state index is 12.8. The highest BCUT2D eigenvalue weighted by atomic mass is 16.1. The number of hydrogen-bond acceptors (Lipinski definition) is 4. The standard InChI is InChI=1S/C22H17N5O/c23-14-5-3-4-12(10-14)13-8-9-15-18(11-13)27-22(28)19(20(15)24)21-25-16-6-1-2-7-17(16)26-21/h1-11H,23H2,(H,25,26)(H3,24,27,28). The van der Waals surface area contributed by atoms with Crippen LogP contribution in [-0.4, -0.2) is 15.0 Å². The predicted molar refractivity (Wildman–Crippen MR) is 114 cm³/mol. The lowest BCUT2D eigenvalue weighted by molar-refractivity contribution is 1.25. The minimum atomic E-state index is -0.284. The Bertz CT molecular complexity index is 1380. The fraction of sp³-hybridized carbons (Fsp3) is 0. The molecule has 28 heavy (non-hydrogen) atoms. The zero-order valence-corrected chi connectivity index (χ0v) is 14.9. The summed E-state index contributed by atoms with van der Waals surface area (Å²) in [6, 6.07) is 21.0. The van der Waals surface area contributed by atoms with Crippen molar-refractivity contribution in [3.63, 3.8) is 0 Å². The third-order valence-corrected chi connectivity index (χ3v) is 4.90. The maximum absolute atomic E-state index is 12.8. The lowest BCUT2D eigenvalue weighted by Crippen LogP contribution is -2.13. The number of anilines is 2. The summed E-state index contributed by atoms with van der Waals surface area (Å²) in [5, 5.41) is 0.766. The molecule has 0 saturated heterocycles. The molecule has 0 atom stereocenters. The van der Waals surface area contributed by atoms with E-state index >= 15 is 0 Å². The molecule has 5 rings (SSSR count). The van der Waals surface area contributed by atoms with Gasteiger partial charge in [-0.2, -0.15) is 0 Å². The molecule has 0 radical (unpaired) electrons. The Morgan fingerprint density at radius 3 is 2.43 bits per heavy atom. The number of nitrogens with two attached hydrogens (primary N) is 2. The monoisotopic (exact) mass is 367 g/mol. The molecule has 2 heterocycles. The highest BCUT2D eigenvalue weighted by Crippen LogP contribution is 2.31. The molecule has 0 unspecified atom stereocenters. The normalized spacial score (nSPS) is 11.3. The van der Waals surface area contributed by atoms with Gasteiger partial charge in [0.05, 0.1) is 22.2 Å². The molecular weight excluding hydrogens is 350 g/mol. The van der Waals surface area contributed by atoms with Crippen LogP contribution in [-0.2, 0) is 0 Å². The van der Waals surface area contributed by atoms with Crippen LogP contribution in [0.15, 0.2) is 71.5 Å². The number of aromatic nitrogens is 3. The number of benzene rings is 3. The van der Waals surface area contributed by atoms with Crippen LogP contribution >= 0.6 is 0 Å². The van der Waals surface area contributed by atoms with Gasteiger partial charge in [-0.3, -0.25) is 4.79 Å². The molecule has 0 fully saturated rings. The quantitative estimate of drug-likeness (QED) is 0.354. The van der Waals surface area contributed by atoms with Crippen molar-refractivity contribution in [2.24, 2.45) is 0 Å². The fourth-order valence-corrected chi connectivity index (χ4v) is 3.53. The summed E-state index contributed by atoms with van der Waals surface area (Å²) in [5.41, 5.74) is 17.7. The molecule has 0 aliphatic rings. The Labute approximate surface area is 159 Å². The van der Waals surface area contributed by atoms with E-state index in [0.29, 0.717) is 28.3 Å². The van der Waals surface area contributed by atoms with E-state index in [-0.39, 0.29) is 5.56 Å². The molecule has 136 valence electrons. The summed E-state index contributed by atoms with van der Waals surface area (Å²) in [6.45, 7) is 0. The van der Waals surface area contributed by atoms with Gasteiger partial charge in [0.25, 0.3) is 5.56 Å². The van der Waals surface area contributed by atoms with Crippen molar-refractivity contribution in [1.82, 2.24) is 15.0 Å². The van der Waals surface area contributed by atoms with Gasteiger partial charge in [-0.1, -0.05) is 36.4 Å². The minimum Gasteiger partial charge on any atom is -0.399 e. The van der Waals surface area contributed by atoms with E-state index in [1.165, 1.54) is 0 Å². The van der Waals surface area contributed by atoms with Gasteiger partial charge in [0.1, 0.15) is 11.4 Å². The summed E-state index contributed by atoms with van der Waals surface area (Å²) in [4.78, 5) is 23.5. The van der Waals surface area contributed by atoms with Gasteiger partial charge < -0.3 is 21.4 Å². The summed E-state index contributed by atoms with van der Waals surface area (Å²) >= 11 is 0. The summed E-state index contributed by atoms with van der Waals surface area (Å²) in [7, 11) is 0. The Morgan fingerprint density at radius 1 is 0.786 bits per heavy atom. The topological polar surface area (TPSA) is 114 Å². The van der Waals surface area contributed by atoms with Crippen LogP contribution in [0.5, 0.6) is 0 Å². The van der Waals surface area contributed by atoms with Crippen LogP contribution < -0.4 is 17.0 Å². The van der Waals surface area contributed by atoms with Crippen molar-refractivity contribution in [2.45, 2.75) is 0 Å². The molecule has 5 aromatic rings.